The summed E-state index contributed by atoms with van der Waals surface area (Å²) >= 11 is 0. The Morgan fingerprint density at radius 2 is 2.32 bits per heavy atom. The molecule has 1 fully saturated rings. The van der Waals surface area contributed by atoms with E-state index in [0.717, 1.165) is 18.6 Å². The van der Waals surface area contributed by atoms with Crippen LogP contribution in [0.1, 0.15) is 25.5 Å². The lowest BCUT2D eigenvalue weighted by molar-refractivity contribution is 0.181. The Kier molecular flexibility index (Phi) is 3.42. The number of hydrogen-bond acceptors (Lipinski definition) is 2. The number of hydrogen-bond donors (Lipinski definition) is 1. The lowest BCUT2D eigenvalue weighted by Crippen LogP contribution is -2.35. The highest BCUT2D eigenvalue weighted by atomic mass is 16.1. The van der Waals surface area contributed by atoms with E-state index < -0.39 is 0 Å². The summed E-state index contributed by atoms with van der Waals surface area (Å²) in [6.07, 6.45) is 5.58. The van der Waals surface area contributed by atoms with Crippen molar-refractivity contribution < 1.29 is 0 Å². The molecular formula is C15H21N3O. The molecule has 0 saturated carbocycles. The van der Waals surface area contributed by atoms with Crippen molar-refractivity contribution in [2.45, 2.75) is 26.2 Å². The van der Waals surface area contributed by atoms with Crippen molar-refractivity contribution in [1.82, 2.24) is 14.3 Å². The van der Waals surface area contributed by atoms with Crippen molar-refractivity contribution in [2.75, 3.05) is 19.6 Å². The molecule has 4 nitrogen and oxygen atoms in total. The Hall–Kier alpha value is -1.55. The minimum Gasteiger partial charge on any atom is -0.343 e. The smallest absolute Gasteiger partial charge is 0.256 e. The molecule has 0 aliphatic carbocycles. The molecule has 1 unspecified atom stereocenters. The fraction of sp³-hybridized carbons (Fsp3) is 0.533. The minimum absolute atomic E-state index is 0.0406. The molecule has 3 rings (SSSR count). The highest BCUT2D eigenvalue weighted by Crippen LogP contribution is 2.20. The third-order valence-corrected chi connectivity index (χ3v) is 4.12. The highest BCUT2D eigenvalue weighted by Gasteiger charge is 2.19. The molecule has 19 heavy (non-hydrogen) atoms. The van der Waals surface area contributed by atoms with Crippen molar-refractivity contribution in [2.24, 2.45) is 5.92 Å². The van der Waals surface area contributed by atoms with Crippen LogP contribution in [0.2, 0.25) is 0 Å². The monoisotopic (exact) mass is 259 g/mol. The highest BCUT2D eigenvalue weighted by molar-refractivity contribution is 5.39. The van der Waals surface area contributed by atoms with Gasteiger partial charge in [-0.3, -0.25) is 9.20 Å². The molecular weight excluding hydrogens is 238 g/mol. The predicted molar refractivity (Wildman–Crippen MR) is 76.6 cm³/mol. The Bertz CT molecular complexity index is 613. The van der Waals surface area contributed by atoms with Crippen LogP contribution in [0.25, 0.3) is 5.65 Å². The van der Waals surface area contributed by atoms with Gasteiger partial charge in [-0.1, -0.05) is 13.0 Å². The normalized spacial score (nSPS) is 21.0. The minimum atomic E-state index is 0.0406. The number of H-pyrrole nitrogens is 1. The number of pyridine rings is 1. The average Bonchev–Trinajstić information content (AvgIpc) is 2.83. The lowest BCUT2D eigenvalue weighted by atomic mass is 9.94. The molecule has 1 N–H and O–H groups in total. The van der Waals surface area contributed by atoms with Crippen LogP contribution in [0.3, 0.4) is 0 Å². The Morgan fingerprint density at radius 3 is 3.11 bits per heavy atom. The number of fused-ring (bicyclic) bond motifs is 1. The molecule has 102 valence electrons. The summed E-state index contributed by atoms with van der Waals surface area (Å²) in [5.74, 6) is 0.706. The summed E-state index contributed by atoms with van der Waals surface area (Å²) in [5, 5.41) is 0. The summed E-state index contributed by atoms with van der Waals surface area (Å²) in [4.78, 5) is 17.6. The van der Waals surface area contributed by atoms with Crippen molar-refractivity contribution >= 4 is 5.65 Å². The largest absolute Gasteiger partial charge is 0.343 e. The van der Waals surface area contributed by atoms with Gasteiger partial charge in [0, 0.05) is 24.5 Å². The number of aromatic nitrogens is 2. The first-order valence-corrected chi connectivity index (χ1v) is 7.18. The molecule has 1 atom stereocenters. The first-order valence-electron chi connectivity index (χ1n) is 7.18. The molecule has 4 heteroatoms. The van der Waals surface area contributed by atoms with Crippen LogP contribution in [0, 0.1) is 5.92 Å². The number of imidazole rings is 1. The number of nitrogens with one attached hydrogen (secondary N) is 1. The molecule has 1 saturated heterocycles. The van der Waals surface area contributed by atoms with Crippen molar-refractivity contribution in [3.05, 3.63) is 40.4 Å². The zero-order valence-corrected chi connectivity index (χ0v) is 11.4. The second kappa shape index (κ2) is 5.21. The van der Waals surface area contributed by atoms with Crippen LogP contribution in [0.5, 0.6) is 0 Å². The molecule has 1 aliphatic heterocycles. The van der Waals surface area contributed by atoms with Gasteiger partial charge in [0.1, 0.15) is 5.65 Å². The Labute approximate surface area is 113 Å². The van der Waals surface area contributed by atoms with E-state index in [9.17, 15) is 4.79 Å². The third kappa shape index (κ3) is 2.59. The number of likely N-dealkylation sites (tertiary alicyclic amines) is 1. The molecule has 2 aromatic heterocycles. The number of aromatic amines is 1. The molecule has 2 aromatic rings. The number of nitrogens with zero attached hydrogens (tertiary/aromatic N) is 2. The maximum absolute atomic E-state index is 11.7. The predicted octanol–water partition coefficient (Wildman–Crippen LogP) is 1.90. The Morgan fingerprint density at radius 1 is 1.42 bits per heavy atom. The topological polar surface area (TPSA) is 40.5 Å². The summed E-state index contributed by atoms with van der Waals surface area (Å²) in [6.45, 7) is 5.79. The van der Waals surface area contributed by atoms with Crippen LogP contribution >= 0.6 is 0 Å². The van der Waals surface area contributed by atoms with Gasteiger partial charge in [0.25, 0.3) is 5.56 Å². The first kappa shape index (κ1) is 12.5. The van der Waals surface area contributed by atoms with Gasteiger partial charge < -0.3 is 9.88 Å². The maximum atomic E-state index is 11.7. The van der Waals surface area contributed by atoms with Crippen LogP contribution in [0.4, 0.5) is 0 Å². The fourth-order valence-corrected chi connectivity index (χ4v) is 3.11. The quantitative estimate of drug-likeness (QED) is 0.914. The van der Waals surface area contributed by atoms with E-state index in [0.29, 0.717) is 5.92 Å². The number of rotatable bonds is 3. The van der Waals surface area contributed by atoms with Crippen molar-refractivity contribution in [3.8, 4) is 0 Å². The number of piperidine rings is 1. The van der Waals surface area contributed by atoms with E-state index in [1.165, 1.54) is 31.6 Å². The summed E-state index contributed by atoms with van der Waals surface area (Å²) < 4.78 is 1.70. The maximum Gasteiger partial charge on any atom is 0.256 e. The molecule has 0 amide bonds. The molecule has 0 bridgehead atoms. The Balaban J connectivity index is 1.78. The van der Waals surface area contributed by atoms with Gasteiger partial charge in [0.15, 0.2) is 0 Å². The first-order chi connectivity index (χ1) is 9.26. The molecule has 0 spiro atoms. The molecule has 0 aromatic carbocycles. The van der Waals surface area contributed by atoms with E-state index in [4.69, 9.17) is 0 Å². The zero-order valence-electron chi connectivity index (χ0n) is 11.4. The lowest BCUT2D eigenvalue weighted by Gasteiger charge is -2.31. The van der Waals surface area contributed by atoms with E-state index in [2.05, 4.69) is 16.8 Å². The van der Waals surface area contributed by atoms with Crippen molar-refractivity contribution in [3.63, 3.8) is 0 Å². The van der Waals surface area contributed by atoms with Gasteiger partial charge in [-0.05, 0) is 44.3 Å². The van der Waals surface area contributed by atoms with Crippen LogP contribution in [-0.4, -0.2) is 33.9 Å². The average molecular weight is 259 g/mol. The van der Waals surface area contributed by atoms with Gasteiger partial charge in [-0.2, -0.15) is 0 Å². The van der Waals surface area contributed by atoms with Crippen LogP contribution in [-0.2, 0) is 6.42 Å². The summed E-state index contributed by atoms with van der Waals surface area (Å²) in [7, 11) is 0. The van der Waals surface area contributed by atoms with Crippen LogP contribution in [0.15, 0.2) is 29.2 Å². The molecule has 0 radical (unpaired) electrons. The second-order valence-electron chi connectivity index (χ2n) is 5.50. The zero-order chi connectivity index (χ0) is 13.2. The van der Waals surface area contributed by atoms with Gasteiger partial charge in [-0.15, -0.1) is 0 Å². The SMILES string of the molecule is CCN1CCCC(Cc2cn3c(=O)cccc3[nH]2)C1. The van der Waals surface area contributed by atoms with Crippen LogP contribution < -0.4 is 5.56 Å². The second-order valence-corrected chi connectivity index (χ2v) is 5.50. The summed E-state index contributed by atoms with van der Waals surface area (Å²) in [5.41, 5.74) is 2.11. The van der Waals surface area contributed by atoms with Gasteiger partial charge >= 0.3 is 0 Å². The van der Waals surface area contributed by atoms with E-state index in [1.54, 1.807) is 16.5 Å². The van der Waals surface area contributed by atoms with Gasteiger partial charge in [0.05, 0.1) is 0 Å². The van der Waals surface area contributed by atoms with E-state index >= 15 is 0 Å². The van der Waals surface area contributed by atoms with E-state index in [1.807, 2.05) is 12.3 Å². The fourth-order valence-electron chi connectivity index (χ4n) is 3.11. The van der Waals surface area contributed by atoms with Crippen molar-refractivity contribution in [1.29, 1.82) is 0 Å². The standard InChI is InChI=1S/C15H21N3O/c1-2-17-8-4-5-12(10-17)9-13-11-18-14(16-13)6-3-7-15(18)19/h3,6-7,11-12,16H,2,4-5,8-10H2,1H3. The summed E-state index contributed by atoms with van der Waals surface area (Å²) in [6, 6.07) is 5.35. The molecule has 3 heterocycles. The van der Waals surface area contributed by atoms with Gasteiger partial charge in [-0.25, -0.2) is 0 Å². The van der Waals surface area contributed by atoms with Gasteiger partial charge in [0.2, 0.25) is 0 Å². The van der Waals surface area contributed by atoms with E-state index in [-0.39, 0.29) is 5.56 Å². The third-order valence-electron chi connectivity index (χ3n) is 4.12. The molecule has 1 aliphatic rings.